The largest absolute Gasteiger partial charge is 0.455 e. The van der Waals surface area contributed by atoms with Crippen LogP contribution in [0.4, 0.5) is 16.2 Å². The molecule has 2 aliphatic rings. The molecule has 2 N–H and O–H groups in total. The Kier molecular flexibility index (Phi) is 5.77. The van der Waals surface area contributed by atoms with Gasteiger partial charge in [-0.25, -0.2) is 4.79 Å². The molecule has 1 aromatic carbocycles. The lowest BCUT2D eigenvalue weighted by Gasteiger charge is -2.27. The first-order chi connectivity index (χ1) is 14.1. The second-order valence-corrected chi connectivity index (χ2v) is 7.80. The van der Waals surface area contributed by atoms with Crippen LogP contribution in [0.15, 0.2) is 24.3 Å². The number of urea groups is 1. The minimum absolute atomic E-state index is 0.107. The maximum Gasteiger partial charge on any atom is 0.325 e. The van der Waals surface area contributed by atoms with Gasteiger partial charge in [-0.3, -0.25) is 24.1 Å². The molecule has 10 nitrogen and oxygen atoms in total. The van der Waals surface area contributed by atoms with E-state index in [0.29, 0.717) is 11.4 Å². The van der Waals surface area contributed by atoms with Crippen LogP contribution in [0, 0.1) is 0 Å². The van der Waals surface area contributed by atoms with Gasteiger partial charge in [-0.15, -0.1) is 0 Å². The number of anilines is 2. The van der Waals surface area contributed by atoms with E-state index in [1.807, 2.05) is 0 Å². The quantitative estimate of drug-likeness (QED) is 0.545. The van der Waals surface area contributed by atoms with Crippen molar-refractivity contribution in [2.24, 2.45) is 0 Å². The van der Waals surface area contributed by atoms with Gasteiger partial charge >= 0.3 is 12.0 Å². The molecule has 1 atom stereocenters. The molecule has 2 heterocycles. The first-order valence-electron chi connectivity index (χ1n) is 9.61. The Hall–Kier alpha value is -3.43. The molecule has 160 valence electrons. The molecular formula is C20H24N4O6. The number of para-hydroxylation sites is 2. The van der Waals surface area contributed by atoms with E-state index in [-0.39, 0.29) is 25.3 Å². The summed E-state index contributed by atoms with van der Waals surface area (Å²) in [5.41, 5.74) is 0.0183. The van der Waals surface area contributed by atoms with E-state index in [9.17, 15) is 24.0 Å². The van der Waals surface area contributed by atoms with E-state index in [0.717, 1.165) is 4.90 Å². The molecule has 0 unspecified atom stereocenters. The monoisotopic (exact) mass is 416 g/mol. The van der Waals surface area contributed by atoms with Gasteiger partial charge in [0.15, 0.2) is 6.61 Å². The smallest absolute Gasteiger partial charge is 0.325 e. The van der Waals surface area contributed by atoms with Gasteiger partial charge < -0.3 is 20.3 Å². The highest BCUT2D eigenvalue weighted by molar-refractivity contribution is 6.07. The van der Waals surface area contributed by atoms with Crippen molar-refractivity contribution in [3.63, 3.8) is 0 Å². The number of rotatable bonds is 5. The Labute approximate surface area is 173 Å². The van der Waals surface area contributed by atoms with Crippen molar-refractivity contribution in [3.05, 3.63) is 24.3 Å². The molecule has 1 fully saturated rings. The lowest BCUT2D eigenvalue weighted by molar-refractivity contribution is -0.148. The third kappa shape index (κ3) is 4.27. The topological polar surface area (TPSA) is 125 Å². The minimum atomic E-state index is -1.02. The zero-order valence-electron chi connectivity index (χ0n) is 17.1. The van der Waals surface area contributed by atoms with Crippen molar-refractivity contribution in [1.29, 1.82) is 0 Å². The van der Waals surface area contributed by atoms with Gasteiger partial charge in [0.1, 0.15) is 5.54 Å². The number of amides is 5. The predicted octanol–water partition coefficient (Wildman–Crippen LogP) is 1.01. The first kappa shape index (κ1) is 21.3. The molecule has 0 aliphatic carbocycles. The molecule has 0 bridgehead atoms. The van der Waals surface area contributed by atoms with Gasteiger partial charge in [-0.05, 0) is 32.9 Å². The molecule has 1 saturated heterocycles. The molecule has 0 aromatic heterocycles. The van der Waals surface area contributed by atoms with Gasteiger partial charge in [0.05, 0.1) is 17.8 Å². The molecular weight excluding hydrogens is 392 g/mol. The van der Waals surface area contributed by atoms with Crippen molar-refractivity contribution in [3.8, 4) is 0 Å². The minimum Gasteiger partial charge on any atom is -0.455 e. The summed E-state index contributed by atoms with van der Waals surface area (Å²) in [5, 5.41) is 5.28. The normalized spacial score (nSPS) is 20.2. The highest BCUT2D eigenvalue weighted by Gasteiger charge is 2.44. The molecule has 0 saturated carbocycles. The molecule has 2 aliphatic heterocycles. The van der Waals surface area contributed by atoms with Crippen LogP contribution in [0.1, 0.15) is 33.6 Å². The highest BCUT2D eigenvalue weighted by Crippen LogP contribution is 2.31. The summed E-state index contributed by atoms with van der Waals surface area (Å²) in [6.07, 6.45) is -0.120. The SMILES string of the molecule is C[C@H]1CC(=O)Nc2ccccc2N1C(=O)COC(=O)CCN1C(=O)NC(C)(C)C1=O. The third-order valence-corrected chi connectivity index (χ3v) is 4.97. The lowest BCUT2D eigenvalue weighted by Crippen LogP contribution is -2.42. The first-order valence-corrected chi connectivity index (χ1v) is 9.61. The van der Waals surface area contributed by atoms with Crippen LogP contribution in [0.25, 0.3) is 0 Å². The fourth-order valence-corrected chi connectivity index (χ4v) is 3.48. The second kappa shape index (κ2) is 8.13. The van der Waals surface area contributed by atoms with Gasteiger partial charge in [-0.1, -0.05) is 12.1 Å². The fourth-order valence-electron chi connectivity index (χ4n) is 3.48. The number of hydrogen-bond donors (Lipinski definition) is 2. The number of nitrogens with zero attached hydrogens (tertiary/aromatic N) is 2. The maximum atomic E-state index is 12.8. The number of nitrogens with one attached hydrogen (secondary N) is 2. The van der Waals surface area contributed by atoms with Crippen molar-refractivity contribution >= 4 is 41.1 Å². The van der Waals surface area contributed by atoms with Crippen molar-refractivity contribution in [2.75, 3.05) is 23.4 Å². The van der Waals surface area contributed by atoms with Gasteiger partial charge in [0, 0.05) is 19.0 Å². The molecule has 0 spiro atoms. The number of ether oxygens (including phenoxy) is 1. The molecule has 10 heteroatoms. The standard InChI is InChI=1S/C20H24N4O6/c1-12-10-15(25)21-13-6-4-5-7-14(13)24(12)16(26)11-30-17(27)8-9-23-18(28)20(2,3)22-19(23)29/h4-7,12H,8-11H2,1-3H3,(H,21,25)(H,22,29)/t12-/m0/s1. The number of carbonyl (C=O) groups excluding carboxylic acids is 5. The highest BCUT2D eigenvalue weighted by atomic mass is 16.5. The van der Waals surface area contributed by atoms with Crippen molar-refractivity contribution < 1.29 is 28.7 Å². The molecule has 5 amide bonds. The zero-order valence-corrected chi connectivity index (χ0v) is 17.1. The van der Waals surface area contributed by atoms with Gasteiger partial charge in [0.25, 0.3) is 11.8 Å². The predicted molar refractivity (Wildman–Crippen MR) is 107 cm³/mol. The van der Waals surface area contributed by atoms with E-state index in [4.69, 9.17) is 4.74 Å². The Morgan fingerprint density at radius 1 is 1.20 bits per heavy atom. The number of imide groups is 1. The number of esters is 1. The number of carbonyl (C=O) groups is 5. The summed E-state index contributed by atoms with van der Waals surface area (Å²) in [6.45, 7) is 4.23. The van der Waals surface area contributed by atoms with Gasteiger partial charge in [-0.2, -0.15) is 0 Å². The molecule has 1 aromatic rings. The van der Waals surface area contributed by atoms with Crippen LogP contribution in [0.5, 0.6) is 0 Å². The fraction of sp³-hybridized carbons (Fsp3) is 0.450. The van der Waals surface area contributed by atoms with Crippen molar-refractivity contribution in [2.45, 2.75) is 45.2 Å². The lowest BCUT2D eigenvalue weighted by atomic mass is 10.1. The summed E-state index contributed by atoms with van der Waals surface area (Å²) in [4.78, 5) is 63.2. The Balaban J connectivity index is 1.59. The van der Waals surface area contributed by atoms with E-state index < -0.39 is 42.0 Å². The van der Waals surface area contributed by atoms with Crippen LogP contribution < -0.4 is 15.5 Å². The summed E-state index contributed by atoms with van der Waals surface area (Å²) >= 11 is 0. The molecule has 0 radical (unpaired) electrons. The summed E-state index contributed by atoms with van der Waals surface area (Å²) in [6, 6.07) is 5.89. The number of benzene rings is 1. The van der Waals surface area contributed by atoms with Crippen LogP contribution in [0.2, 0.25) is 0 Å². The average molecular weight is 416 g/mol. The Bertz CT molecular complexity index is 912. The average Bonchev–Trinajstić information content (AvgIpc) is 2.78. The number of fused-ring (bicyclic) bond motifs is 1. The zero-order chi connectivity index (χ0) is 22.1. The van der Waals surface area contributed by atoms with Gasteiger partial charge in [0.2, 0.25) is 5.91 Å². The van der Waals surface area contributed by atoms with E-state index in [1.54, 1.807) is 45.0 Å². The van der Waals surface area contributed by atoms with Crippen LogP contribution in [-0.2, 0) is 23.9 Å². The second-order valence-electron chi connectivity index (χ2n) is 7.80. The maximum absolute atomic E-state index is 12.8. The molecule has 30 heavy (non-hydrogen) atoms. The number of hydrogen-bond acceptors (Lipinski definition) is 6. The van der Waals surface area contributed by atoms with E-state index in [2.05, 4.69) is 10.6 Å². The van der Waals surface area contributed by atoms with E-state index in [1.165, 1.54) is 4.90 Å². The Morgan fingerprint density at radius 3 is 2.57 bits per heavy atom. The summed E-state index contributed by atoms with van der Waals surface area (Å²) in [7, 11) is 0. The van der Waals surface area contributed by atoms with E-state index >= 15 is 0 Å². The summed E-state index contributed by atoms with van der Waals surface area (Å²) < 4.78 is 5.07. The Morgan fingerprint density at radius 2 is 1.90 bits per heavy atom. The molecule has 3 rings (SSSR count). The third-order valence-electron chi connectivity index (χ3n) is 4.97. The summed E-state index contributed by atoms with van der Waals surface area (Å²) in [5.74, 6) is -1.82. The van der Waals surface area contributed by atoms with Crippen LogP contribution >= 0.6 is 0 Å². The van der Waals surface area contributed by atoms with Crippen LogP contribution in [-0.4, -0.2) is 59.4 Å². The van der Waals surface area contributed by atoms with Crippen molar-refractivity contribution in [1.82, 2.24) is 10.2 Å². The van der Waals surface area contributed by atoms with Crippen LogP contribution in [0.3, 0.4) is 0 Å².